The van der Waals surface area contributed by atoms with Gasteiger partial charge in [-0.15, -0.1) is 0 Å². The van der Waals surface area contributed by atoms with Gasteiger partial charge in [0.15, 0.2) is 0 Å². The number of hydrogen-bond donors (Lipinski definition) is 0. The van der Waals surface area contributed by atoms with Crippen molar-refractivity contribution in [2.24, 2.45) is 0 Å². The second-order valence-corrected chi connectivity index (χ2v) is 21.4. The van der Waals surface area contributed by atoms with E-state index in [1.165, 1.54) is 22.3 Å². The molecule has 0 radical (unpaired) electrons. The second kappa shape index (κ2) is 13.8. The molecule has 310 valence electrons. The molecule has 0 aliphatic carbocycles. The maximum absolute atomic E-state index is 9.50. The fraction of sp³-hybridized carbons (Fsp3) is 0.276. The molecule has 0 fully saturated rings. The van der Waals surface area contributed by atoms with Gasteiger partial charge in [-0.3, -0.25) is 0 Å². The van der Waals surface area contributed by atoms with Crippen LogP contribution in [0.25, 0.3) is 27.5 Å². The number of benzene rings is 7. The summed E-state index contributed by atoms with van der Waals surface area (Å²) in [7, 11) is 0. The Labute approximate surface area is 381 Å². The van der Waals surface area contributed by atoms with E-state index in [1.807, 2.05) is 0 Å². The molecular weight excluding hydrogens is 749 g/mol. The van der Waals surface area contributed by atoms with Crippen LogP contribution in [0.4, 0.5) is 34.1 Å². The number of hydrogen-bond acceptors (Lipinski definition) is 2. The van der Waals surface area contributed by atoms with Crippen LogP contribution in [0.15, 0.2) is 145 Å². The molecule has 0 bridgehead atoms. The summed E-state index contributed by atoms with van der Waals surface area (Å²) >= 11 is 0. The molecule has 8 aromatic rings. The van der Waals surface area contributed by atoms with Crippen LogP contribution in [0.3, 0.4) is 0 Å². The zero-order chi connectivity index (χ0) is 50.6. The molecule has 2 aliphatic rings. The smallest absolute Gasteiger partial charge is 0.252 e. The largest absolute Gasteiger partial charge is 0.311 e. The molecule has 0 amide bonds. The summed E-state index contributed by atoms with van der Waals surface area (Å²) in [5.41, 5.74) is 13.8. The summed E-state index contributed by atoms with van der Waals surface area (Å²) < 4.78 is 74.7. The van der Waals surface area contributed by atoms with E-state index in [4.69, 9.17) is 5.48 Å². The van der Waals surface area contributed by atoms with Crippen LogP contribution in [-0.2, 0) is 21.7 Å². The van der Waals surface area contributed by atoms with Crippen molar-refractivity contribution in [2.75, 3.05) is 9.80 Å². The molecule has 3 heterocycles. The van der Waals surface area contributed by atoms with E-state index in [0.717, 1.165) is 50.5 Å². The Hall–Kier alpha value is -6.00. The monoisotopic (exact) mass is 818 g/mol. The van der Waals surface area contributed by atoms with Gasteiger partial charge in [0.1, 0.15) is 0 Å². The molecule has 1 aromatic heterocycles. The third-order valence-corrected chi connectivity index (χ3v) is 13.1. The second-order valence-electron chi connectivity index (χ2n) is 21.4. The first-order valence-corrected chi connectivity index (χ1v) is 21.9. The number of rotatable bonds is 3. The highest BCUT2D eigenvalue weighted by molar-refractivity contribution is 7.00. The topological polar surface area (TPSA) is 11.4 Å². The lowest BCUT2D eigenvalue weighted by atomic mass is 9.33. The molecule has 0 saturated carbocycles. The molecule has 0 unspecified atom stereocenters. The quantitative estimate of drug-likeness (QED) is 0.165. The van der Waals surface area contributed by atoms with Crippen molar-refractivity contribution in [2.45, 2.75) is 105 Å². The van der Waals surface area contributed by atoms with Crippen LogP contribution in [0.5, 0.6) is 0 Å². The third-order valence-electron chi connectivity index (χ3n) is 13.1. The standard InChI is InChI=1S/C58H60BN3/c1-55(2,3)37-21-27-41(28-22-37)60-50-31-25-39(57(7,8)9)33-46(50)59-47-34-40(58(10,11)12)26-32-51(47)61(42-29-23-38(24-30-42)56(4,5)6)53-36-43(35-52(60)54(53)59)62-48-19-15-13-17-44(48)45-18-14-16-20-49(45)62/h13-36H,1-12H3/i13D,14D,15D,16D,17D,18D,19D,20D. The van der Waals surface area contributed by atoms with Gasteiger partial charge in [-0.2, -0.15) is 0 Å². The van der Waals surface area contributed by atoms with Gasteiger partial charge in [0.25, 0.3) is 6.71 Å². The molecule has 4 heteroatoms. The normalized spacial score (nSPS) is 15.8. The van der Waals surface area contributed by atoms with E-state index < -0.39 is 24.2 Å². The SMILES string of the molecule is [2H]c1c([2H])c([2H])c2c(c1[2H])c1c([2H])c([2H])c([2H])c([2H])c1n2-c1cc2c3c(c1)N(c1ccc(C(C)(C)C)cc1)c1ccc(C(C)(C)C)cc1B3c1cc(C(C)(C)C)ccc1N2c1ccc(C(C)(C)C)cc1. The molecule has 0 N–H and O–H groups in total. The van der Waals surface area contributed by atoms with E-state index in [2.05, 4.69) is 190 Å². The van der Waals surface area contributed by atoms with Crippen molar-refractivity contribution < 1.29 is 11.0 Å². The number of anilines is 6. The number of fused-ring (bicyclic) bond motifs is 7. The third kappa shape index (κ3) is 6.40. The van der Waals surface area contributed by atoms with E-state index in [9.17, 15) is 5.48 Å². The van der Waals surface area contributed by atoms with Gasteiger partial charge in [0.05, 0.1) is 27.7 Å². The highest BCUT2D eigenvalue weighted by Gasteiger charge is 2.45. The van der Waals surface area contributed by atoms with Gasteiger partial charge < -0.3 is 14.4 Å². The summed E-state index contributed by atoms with van der Waals surface area (Å²) in [4.78, 5) is 4.62. The van der Waals surface area contributed by atoms with E-state index in [0.29, 0.717) is 5.69 Å². The Bertz CT molecular complexity index is 3290. The van der Waals surface area contributed by atoms with E-state index in [-0.39, 0.29) is 74.3 Å². The zero-order valence-electron chi connectivity index (χ0n) is 46.2. The predicted octanol–water partition coefficient (Wildman–Crippen LogP) is 14.1. The first kappa shape index (κ1) is 31.8. The average molecular weight is 818 g/mol. The Morgan fingerprint density at radius 3 is 1.11 bits per heavy atom. The lowest BCUT2D eigenvalue weighted by Crippen LogP contribution is -2.61. The van der Waals surface area contributed by atoms with Gasteiger partial charge in [-0.25, -0.2) is 0 Å². The Morgan fingerprint density at radius 2 is 0.742 bits per heavy atom. The number of aromatic nitrogens is 1. The first-order valence-electron chi connectivity index (χ1n) is 25.9. The molecule has 0 spiro atoms. The first-order chi connectivity index (χ1) is 32.6. The highest BCUT2D eigenvalue weighted by atomic mass is 15.2. The maximum Gasteiger partial charge on any atom is 0.252 e. The van der Waals surface area contributed by atoms with Crippen LogP contribution >= 0.6 is 0 Å². The minimum Gasteiger partial charge on any atom is -0.311 e. The lowest BCUT2D eigenvalue weighted by Gasteiger charge is -2.45. The van der Waals surface area contributed by atoms with Crippen molar-refractivity contribution in [3.05, 3.63) is 168 Å². The number of nitrogens with zero attached hydrogens (tertiary/aromatic N) is 3. The zero-order valence-corrected chi connectivity index (χ0v) is 38.2. The summed E-state index contributed by atoms with van der Waals surface area (Å²) in [5, 5.41) is 0.0863. The van der Waals surface area contributed by atoms with Crippen LogP contribution in [0, 0.1) is 0 Å². The van der Waals surface area contributed by atoms with Gasteiger partial charge in [0, 0.05) is 44.9 Å². The van der Waals surface area contributed by atoms with Gasteiger partial charge in [-0.05, 0) is 121 Å². The maximum atomic E-state index is 9.50. The Kier molecular flexibility index (Phi) is 7.05. The summed E-state index contributed by atoms with van der Waals surface area (Å²) in [6.45, 7) is 26.5. The predicted molar refractivity (Wildman–Crippen MR) is 270 cm³/mol. The fourth-order valence-electron chi connectivity index (χ4n) is 9.51. The molecule has 0 saturated heterocycles. The van der Waals surface area contributed by atoms with Crippen molar-refractivity contribution in [3.63, 3.8) is 0 Å². The van der Waals surface area contributed by atoms with Crippen molar-refractivity contribution in [3.8, 4) is 5.69 Å². The van der Waals surface area contributed by atoms with Crippen LogP contribution in [0.2, 0.25) is 0 Å². The lowest BCUT2D eigenvalue weighted by molar-refractivity contribution is 0.590. The summed E-state index contributed by atoms with van der Waals surface area (Å²) in [6.07, 6.45) is 0. The molecule has 2 aliphatic heterocycles. The molecular formula is C58H60BN3. The van der Waals surface area contributed by atoms with Gasteiger partial charge >= 0.3 is 0 Å². The Morgan fingerprint density at radius 1 is 0.387 bits per heavy atom. The molecule has 7 aromatic carbocycles. The van der Waals surface area contributed by atoms with Crippen molar-refractivity contribution in [1.29, 1.82) is 0 Å². The van der Waals surface area contributed by atoms with Crippen LogP contribution in [-0.4, -0.2) is 11.3 Å². The van der Waals surface area contributed by atoms with E-state index in [1.54, 1.807) is 4.57 Å². The minimum atomic E-state index is -0.473. The Balaban J connectivity index is 1.43. The molecule has 0 atom stereocenters. The molecule has 3 nitrogen and oxygen atoms in total. The molecule has 10 rings (SSSR count). The van der Waals surface area contributed by atoms with E-state index >= 15 is 0 Å². The average Bonchev–Trinajstić information content (AvgIpc) is 3.66. The van der Waals surface area contributed by atoms with Crippen LogP contribution < -0.4 is 26.2 Å². The van der Waals surface area contributed by atoms with Gasteiger partial charge in [-0.1, -0.05) is 168 Å². The summed E-state index contributed by atoms with van der Waals surface area (Å²) in [5.74, 6) is 0. The molecule has 62 heavy (non-hydrogen) atoms. The fourth-order valence-corrected chi connectivity index (χ4v) is 9.51. The van der Waals surface area contributed by atoms with Gasteiger partial charge in [0.2, 0.25) is 0 Å². The minimum absolute atomic E-state index is 0.0432. The summed E-state index contributed by atoms with van der Waals surface area (Å²) in [6, 6.07) is 32.0. The van der Waals surface area contributed by atoms with Crippen LogP contribution in [0.1, 0.15) is 116 Å². The van der Waals surface area contributed by atoms with Crippen molar-refractivity contribution in [1.82, 2.24) is 4.57 Å². The highest BCUT2D eigenvalue weighted by Crippen LogP contribution is 2.47. The van der Waals surface area contributed by atoms with Crippen molar-refractivity contribution >= 4 is 79.0 Å². The number of para-hydroxylation sites is 2.